The van der Waals surface area contributed by atoms with Crippen molar-refractivity contribution >= 4 is 24.0 Å². The number of aliphatic hydroxyl groups is 1. The molecule has 0 aliphatic carbocycles. The highest BCUT2D eigenvalue weighted by atomic mass is 32.1. The number of halogens is 2. The van der Waals surface area contributed by atoms with Crippen LogP contribution in [0.15, 0.2) is 57.8 Å². The summed E-state index contributed by atoms with van der Waals surface area (Å²) in [7, 11) is 0. The predicted octanol–water partition coefficient (Wildman–Crippen LogP) is 3.97. The molecule has 9 heteroatoms. The summed E-state index contributed by atoms with van der Waals surface area (Å²) in [5.74, 6) is -2.15. The fraction of sp³-hybridized carbons (Fsp3) is 0.182. The molecule has 0 aliphatic rings. The number of rotatable bonds is 7. The molecule has 3 N–H and O–H groups in total. The molecule has 31 heavy (non-hydrogen) atoms. The van der Waals surface area contributed by atoms with Crippen molar-refractivity contribution in [2.24, 2.45) is 15.7 Å². The van der Waals surface area contributed by atoms with Crippen molar-refractivity contribution in [3.8, 4) is 17.3 Å². The van der Waals surface area contributed by atoms with E-state index in [1.807, 2.05) is 0 Å². The maximum absolute atomic E-state index is 14.6. The van der Waals surface area contributed by atoms with Crippen LogP contribution >= 0.6 is 11.3 Å². The molecule has 0 saturated carbocycles. The van der Waals surface area contributed by atoms with E-state index in [1.54, 1.807) is 36.6 Å². The summed E-state index contributed by atoms with van der Waals surface area (Å²) in [6.45, 7) is 1.39. The second kappa shape index (κ2) is 9.55. The van der Waals surface area contributed by atoms with E-state index in [1.165, 1.54) is 11.3 Å². The molecule has 2 atom stereocenters. The normalized spacial score (nSPS) is 14.5. The molecule has 3 rings (SSSR count). The van der Waals surface area contributed by atoms with Gasteiger partial charge in [-0.05, 0) is 30.3 Å². The average molecular weight is 439 g/mol. The van der Waals surface area contributed by atoms with Gasteiger partial charge in [-0.1, -0.05) is 19.1 Å². The molecular weight excluding hydrogens is 420 g/mol. The van der Waals surface area contributed by atoms with Gasteiger partial charge in [0.25, 0.3) is 0 Å². The first-order chi connectivity index (χ1) is 14.9. The van der Waals surface area contributed by atoms with Crippen LogP contribution in [0.3, 0.4) is 0 Å². The van der Waals surface area contributed by atoms with Crippen LogP contribution in [0.5, 0.6) is 0 Å². The van der Waals surface area contributed by atoms with Gasteiger partial charge in [0.05, 0.1) is 35.2 Å². The number of thiazole rings is 1. The highest BCUT2D eigenvalue weighted by Crippen LogP contribution is 2.40. The maximum atomic E-state index is 14.6. The number of nitrogens with zero attached hydrogens (tertiary/aromatic N) is 4. The van der Waals surface area contributed by atoms with Gasteiger partial charge in [0, 0.05) is 22.4 Å². The highest BCUT2D eigenvalue weighted by molar-refractivity contribution is 7.10. The topological polar surface area (TPSA) is 108 Å². The third kappa shape index (κ3) is 4.82. The van der Waals surface area contributed by atoms with Crippen LogP contribution in [0.4, 0.5) is 8.78 Å². The molecule has 0 fully saturated rings. The summed E-state index contributed by atoms with van der Waals surface area (Å²) in [6, 6.07) is 11.9. The third-order valence-electron chi connectivity index (χ3n) is 4.88. The predicted molar refractivity (Wildman–Crippen MR) is 117 cm³/mol. The van der Waals surface area contributed by atoms with Gasteiger partial charge in [0.2, 0.25) is 0 Å². The van der Waals surface area contributed by atoms with E-state index in [0.717, 1.165) is 36.4 Å². The fourth-order valence-corrected chi connectivity index (χ4v) is 4.06. The Hall–Kier alpha value is -3.48. The quantitative estimate of drug-likeness (QED) is 0.429. The van der Waals surface area contributed by atoms with Gasteiger partial charge in [0.15, 0.2) is 0 Å². The molecule has 0 amide bonds. The van der Waals surface area contributed by atoms with Crippen LogP contribution < -0.4 is 5.73 Å². The summed E-state index contributed by atoms with van der Waals surface area (Å²) < 4.78 is 28.5. The lowest BCUT2D eigenvalue weighted by atomic mass is 9.82. The van der Waals surface area contributed by atoms with Crippen molar-refractivity contribution in [1.82, 2.24) is 4.98 Å². The van der Waals surface area contributed by atoms with Crippen molar-refractivity contribution in [2.75, 3.05) is 6.54 Å². The minimum Gasteiger partial charge on any atom is -0.390 e. The van der Waals surface area contributed by atoms with Crippen LogP contribution in [0.1, 0.15) is 29.0 Å². The van der Waals surface area contributed by atoms with Crippen LogP contribution in [-0.4, -0.2) is 29.3 Å². The second-order valence-corrected chi connectivity index (χ2v) is 7.67. The first-order valence-electron chi connectivity index (χ1n) is 9.24. The Bertz CT molecular complexity index is 1150. The van der Waals surface area contributed by atoms with Gasteiger partial charge < -0.3 is 10.8 Å². The molecule has 3 aromatic rings. The Morgan fingerprint density at radius 1 is 1.29 bits per heavy atom. The molecule has 0 radical (unpaired) electrons. The summed E-state index contributed by atoms with van der Waals surface area (Å²) in [6.07, 6.45) is 2.17. The Kier molecular flexibility index (Phi) is 6.84. The fourth-order valence-electron chi connectivity index (χ4n) is 3.09. The van der Waals surface area contributed by atoms with Gasteiger partial charge in [-0.25, -0.2) is 18.8 Å². The SMILES string of the molecule is C[C@@H](c1nc(-c2ccc(C#N)cc2)cs1)[C@](O)(CN=CN=CN)c1cc(F)ccc1F. The van der Waals surface area contributed by atoms with Crippen molar-refractivity contribution in [1.29, 1.82) is 5.26 Å². The number of aromatic nitrogens is 1. The first-order valence-corrected chi connectivity index (χ1v) is 10.1. The van der Waals surface area contributed by atoms with Gasteiger partial charge >= 0.3 is 0 Å². The minimum atomic E-state index is -1.88. The van der Waals surface area contributed by atoms with Gasteiger partial charge in [-0.15, -0.1) is 11.3 Å². The molecule has 1 heterocycles. The van der Waals surface area contributed by atoms with E-state index in [9.17, 15) is 13.9 Å². The van der Waals surface area contributed by atoms with Crippen LogP contribution in [0.25, 0.3) is 11.3 Å². The van der Waals surface area contributed by atoms with E-state index in [2.05, 4.69) is 21.0 Å². The monoisotopic (exact) mass is 439 g/mol. The third-order valence-corrected chi connectivity index (χ3v) is 5.91. The summed E-state index contributed by atoms with van der Waals surface area (Å²) in [5.41, 5.74) is 5.05. The Balaban J connectivity index is 2.00. The molecule has 0 spiro atoms. The van der Waals surface area contributed by atoms with E-state index in [4.69, 9.17) is 11.0 Å². The lowest BCUT2D eigenvalue weighted by Crippen LogP contribution is -2.36. The number of hydrogen-bond donors (Lipinski definition) is 2. The first kappa shape index (κ1) is 22.2. The molecule has 0 unspecified atom stereocenters. The van der Waals surface area contributed by atoms with Gasteiger partial charge in [-0.3, -0.25) is 4.99 Å². The number of hydrogen-bond acceptors (Lipinski definition) is 5. The van der Waals surface area contributed by atoms with Crippen LogP contribution in [-0.2, 0) is 5.60 Å². The van der Waals surface area contributed by atoms with E-state index in [-0.39, 0.29) is 12.1 Å². The molecular formula is C22H19F2N5OS. The van der Waals surface area contributed by atoms with Crippen molar-refractivity contribution in [3.05, 3.63) is 75.6 Å². The standard InChI is InChI=1S/C22H19F2N5OS/c1-14(21-29-20(10-31-21)16-4-2-15(9-25)3-5-16)22(30,11-27-13-28-12-26)18-8-17(23)6-7-19(18)24/h2-8,10,12-14,30H,11H2,1H3,(H2,26,27,28)/t14-,22+/m0/s1. The van der Waals surface area contributed by atoms with Crippen LogP contribution in [0.2, 0.25) is 0 Å². The number of nitriles is 1. The Morgan fingerprint density at radius 3 is 2.71 bits per heavy atom. The number of nitrogens with two attached hydrogens (primary N) is 1. The van der Waals surface area contributed by atoms with Gasteiger partial charge in [-0.2, -0.15) is 5.26 Å². The zero-order chi connectivity index (χ0) is 22.4. The zero-order valence-electron chi connectivity index (χ0n) is 16.5. The van der Waals surface area contributed by atoms with E-state index >= 15 is 0 Å². The molecule has 1 aromatic heterocycles. The summed E-state index contributed by atoms with van der Waals surface area (Å²) in [4.78, 5) is 12.2. The Morgan fingerprint density at radius 2 is 2.03 bits per heavy atom. The van der Waals surface area contributed by atoms with E-state index < -0.39 is 23.2 Å². The number of aliphatic imine (C=N–C) groups is 2. The van der Waals surface area contributed by atoms with Gasteiger partial charge in [0.1, 0.15) is 23.6 Å². The summed E-state index contributed by atoms with van der Waals surface area (Å²) >= 11 is 1.28. The summed E-state index contributed by atoms with van der Waals surface area (Å²) in [5, 5.41) is 22.7. The smallest absolute Gasteiger partial charge is 0.129 e. The lowest BCUT2D eigenvalue weighted by molar-refractivity contribution is 0.0185. The molecule has 0 aliphatic heterocycles. The second-order valence-electron chi connectivity index (χ2n) is 6.78. The number of benzene rings is 2. The molecule has 0 saturated heterocycles. The van der Waals surface area contributed by atoms with Crippen molar-refractivity contribution in [3.63, 3.8) is 0 Å². The largest absolute Gasteiger partial charge is 0.390 e. The highest BCUT2D eigenvalue weighted by Gasteiger charge is 2.40. The maximum Gasteiger partial charge on any atom is 0.129 e. The molecule has 2 aromatic carbocycles. The molecule has 6 nitrogen and oxygen atoms in total. The molecule has 158 valence electrons. The van der Waals surface area contributed by atoms with Crippen molar-refractivity contribution in [2.45, 2.75) is 18.4 Å². The van der Waals surface area contributed by atoms with Crippen LogP contribution in [0, 0.1) is 23.0 Å². The minimum absolute atomic E-state index is 0.219. The average Bonchev–Trinajstić information content (AvgIpc) is 3.28. The van der Waals surface area contributed by atoms with E-state index in [0.29, 0.717) is 16.3 Å². The lowest BCUT2D eigenvalue weighted by Gasteiger charge is -2.32. The zero-order valence-corrected chi connectivity index (χ0v) is 17.4. The molecule has 0 bridgehead atoms. The Labute approximate surface area is 182 Å². The van der Waals surface area contributed by atoms with Crippen molar-refractivity contribution < 1.29 is 13.9 Å².